The number of sulfone groups is 1. The van der Waals surface area contributed by atoms with Crippen LogP contribution in [-0.2, 0) is 15.5 Å². The molecular weight excluding hydrogens is 415 g/mol. The zero-order chi connectivity index (χ0) is 20.3. The molecule has 1 atom stereocenters. The third-order valence-electron chi connectivity index (χ3n) is 4.35. The van der Waals surface area contributed by atoms with Gasteiger partial charge in [0.1, 0.15) is 0 Å². The molecule has 0 radical (unpaired) electrons. The topological polar surface area (TPSA) is 78.8 Å². The number of urea groups is 1. The number of nitrogens with zero attached hydrogens (tertiary/aromatic N) is 2. The average molecular weight is 427 g/mol. The van der Waals surface area contributed by atoms with Crippen LogP contribution in [0.4, 0.5) is 23.7 Å². The molecule has 0 saturated heterocycles. The van der Waals surface area contributed by atoms with E-state index in [-0.39, 0.29) is 21.3 Å². The molecule has 1 N–H and O–H groups in total. The number of carbonyl (C=O) groups is 1. The van der Waals surface area contributed by atoms with E-state index < -0.39 is 27.7 Å². The molecule has 2 amide bonds. The first-order chi connectivity index (χ1) is 13.0. The molecule has 0 fully saturated rings. The molecule has 6 nitrogen and oxygen atoms in total. The highest BCUT2D eigenvalue weighted by Gasteiger charge is 2.61. The molecule has 2 heterocycles. The summed E-state index contributed by atoms with van der Waals surface area (Å²) in [7, 11) is -3.51. The number of alkyl halides is 3. The van der Waals surface area contributed by atoms with Gasteiger partial charge in [0.05, 0.1) is 10.6 Å². The zero-order valence-electron chi connectivity index (χ0n) is 14.2. The molecule has 2 aromatic rings. The van der Waals surface area contributed by atoms with Crippen LogP contribution in [0.3, 0.4) is 0 Å². The van der Waals surface area contributed by atoms with Crippen molar-refractivity contribution >= 4 is 38.5 Å². The highest BCUT2D eigenvalue weighted by atomic mass is 32.2. The molecule has 2 aromatic carbocycles. The second-order valence-electron chi connectivity index (χ2n) is 6.24. The average Bonchev–Trinajstić information content (AvgIpc) is 2.98. The van der Waals surface area contributed by atoms with E-state index in [9.17, 15) is 26.4 Å². The fourth-order valence-electron chi connectivity index (χ4n) is 3.00. The molecule has 0 unspecified atom stereocenters. The second-order valence-corrected chi connectivity index (χ2v) is 9.26. The predicted molar refractivity (Wildman–Crippen MR) is 98.0 cm³/mol. The van der Waals surface area contributed by atoms with Gasteiger partial charge in [-0.15, -0.1) is 0 Å². The number of amides is 2. The van der Waals surface area contributed by atoms with Crippen LogP contribution in [0.1, 0.15) is 5.56 Å². The molecule has 2 aliphatic heterocycles. The summed E-state index contributed by atoms with van der Waals surface area (Å²) in [6, 6.07) is 9.89. The number of benzene rings is 2. The Bertz CT molecular complexity index is 1120. The van der Waals surface area contributed by atoms with Crippen molar-refractivity contribution in [3.05, 3.63) is 54.1 Å². The van der Waals surface area contributed by atoms with E-state index >= 15 is 0 Å². The van der Waals surface area contributed by atoms with Crippen molar-refractivity contribution in [2.24, 2.45) is 4.99 Å². The van der Waals surface area contributed by atoms with E-state index in [4.69, 9.17) is 0 Å². The molecule has 28 heavy (non-hydrogen) atoms. The van der Waals surface area contributed by atoms with E-state index in [0.717, 1.165) is 22.9 Å². The van der Waals surface area contributed by atoms with Gasteiger partial charge in [-0.3, -0.25) is 0 Å². The van der Waals surface area contributed by atoms with Crippen LogP contribution in [-0.4, -0.2) is 32.0 Å². The molecule has 11 heteroatoms. The highest BCUT2D eigenvalue weighted by molar-refractivity contribution is 8.15. The molecule has 4 rings (SSSR count). The van der Waals surface area contributed by atoms with Crippen LogP contribution in [0.25, 0.3) is 0 Å². The first-order valence-electron chi connectivity index (χ1n) is 7.89. The first kappa shape index (κ1) is 18.8. The maximum absolute atomic E-state index is 14.0. The number of aliphatic imine (C=N–C) groups is 1. The van der Waals surface area contributed by atoms with Gasteiger partial charge in [-0.2, -0.15) is 13.2 Å². The quantitative estimate of drug-likeness (QED) is 0.796. The summed E-state index contributed by atoms with van der Waals surface area (Å²) >= 11 is 0.818. The SMILES string of the molecule is CS(=O)(=O)c1ccc2c(c1)SC1=N[C@](c3ccccc3)(C(F)(F)F)NC(=O)N12. The highest BCUT2D eigenvalue weighted by Crippen LogP contribution is 2.48. The number of rotatable bonds is 2. The van der Waals surface area contributed by atoms with Crippen LogP contribution < -0.4 is 10.2 Å². The predicted octanol–water partition coefficient (Wildman–Crippen LogP) is 3.50. The summed E-state index contributed by atoms with van der Waals surface area (Å²) in [5.74, 6) is 0. The van der Waals surface area contributed by atoms with E-state index in [1.165, 1.54) is 42.5 Å². The minimum absolute atomic E-state index is 0.00440. The van der Waals surface area contributed by atoms with Gasteiger partial charge in [-0.25, -0.2) is 23.1 Å². The molecule has 0 saturated carbocycles. The minimum atomic E-state index is -4.89. The summed E-state index contributed by atoms with van der Waals surface area (Å²) in [6.45, 7) is 0. The Hall–Kier alpha value is -2.53. The normalized spacial score (nSPS) is 21.6. The smallest absolute Gasteiger partial charge is 0.301 e. The lowest BCUT2D eigenvalue weighted by Crippen LogP contribution is -2.62. The van der Waals surface area contributed by atoms with Crippen molar-refractivity contribution in [1.82, 2.24) is 5.32 Å². The first-order valence-corrected chi connectivity index (χ1v) is 10.6. The van der Waals surface area contributed by atoms with Crippen molar-refractivity contribution in [3.63, 3.8) is 0 Å². The van der Waals surface area contributed by atoms with Gasteiger partial charge in [-0.05, 0) is 30.0 Å². The number of fused-ring (bicyclic) bond motifs is 3. The van der Waals surface area contributed by atoms with Crippen molar-refractivity contribution in [1.29, 1.82) is 0 Å². The van der Waals surface area contributed by atoms with Gasteiger partial charge in [0.25, 0.3) is 5.66 Å². The van der Waals surface area contributed by atoms with Crippen LogP contribution in [0.5, 0.6) is 0 Å². The lowest BCUT2D eigenvalue weighted by molar-refractivity contribution is -0.195. The molecule has 0 bridgehead atoms. The minimum Gasteiger partial charge on any atom is -0.301 e. The van der Waals surface area contributed by atoms with Crippen molar-refractivity contribution < 1.29 is 26.4 Å². The Morgan fingerprint density at radius 2 is 1.82 bits per heavy atom. The Balaban J connectivity index is 1.88. The van der Waals surface area contributed by atoms with Crippen LogP contribution in [0.15, 0.2) is 63.3 Å². The van der Waals surface area contributed by atoms with Gasteiger partial charge in [0, 0.05) is 16.7 Å². The number of thioether (sulfide) groups is 1. The summed E-state index contributed by atoms with van der Waals surface area (Å²) in [5.41, 5.74) is -2.87. The number of hydrogen-bond donors (Lipinski definition) is 1. The molecule has 0 aliphatic carbocycles. The van der Waals surface area contributed by atoms with E-state index in [1.54, 1.807) is 6.07 Å². The monoisotopic (exact) mass is 427 g/mol. The Morgan fingerprint density at radius 3 is 2.43 bits per heavy atom. The molecule has 0 spiro atoms. The van der Waals surface area contributed by atoms with Crippen molar-refractivity contribution in [2.75, 3.05) is 11.2 Å². The van der Waals surface area contributed by atoms with E-state index in [0.29, 0.717) is 4.90 Å². The Labute approximate surface area is 162 Å². The van der Waals surface area contributed by atoms with Gasteiger partial charge in [-0.1, -0.05) is 30.3 Å². The third-order valence-corrected chi connectivity index (χ3v) is 6.46. The summed E-state index contributed by atoms with van der Waals surface area (Å²) in [4.78, 5) is 17.9. The standard InChI is InChI=1S/C17H12F3N3O3S2/c1-28(25,26)11-7-8-12-13(9-11)27-15-22-16(17(18,19)20,21-14(24)23(12)15)10-5-3-2-4-6-10/h2-9H,1H3,(H,21,24)/t16-/m1/s1. The summed E-state index contributed by atoms with van der Waals surface area (Å²) in [5, 5.41) is 1.81. The lowest BCUT2D eigenvalue weighted by atomic mass is 9.98. The number of nitrogens with one attached hydrogen (secondary N) is 1. The maximum Gasteiger partial charge on any atom is 0.436 e. The molecular formula is C17H12F3N3O3S2. The third kappa shape index (κ3) is 2.76. The van der Waals surface area contributed by atoms with Crippen molar-refractivity contribution in [3.8, 4) is 0 Å². The van der Waals surface area contributed by atoms with Crippen LogP contribution >= 0.6 is 11.8 Å². The molecule has 0 aromatic heterocycles. The largest absolute Gasteiger partial charge is 0.436 e. The second kappa shape index (κ2) is 5.98. The van der Waals surface area contributed by atoms with Crippen molar-refractivity contribution in [2.45, 2.75) is 21.6 Å². The Kier molecular flexibility index (Phi) is 4.02. The molecule has 146 valence electrons. The number of anilines is 1. The number of halogens is 3. The van der Waals surface area contributed by atoms with Gasteiger partial charge < -0.3 is 5.32 Å². The summed E-state index contributed by atoms with van der Waals surface area (Å²) < 4.78 is 65.6. The van der Waals surface area contributed by atoms with Gasteiger partial charge in [0.2, 0.25) is 0 Å². The van der Waals surface area contributed by atoms with Crippen LogP contribution in [0, 0.1) is 0 Å². The number of hydrogen-bond acceptors (Lipinski definition) is 5. The fourth-order valence-corrected chi connectivity index (χ4v) is 4.83. The van der Waals surface area contributed by atoms with E-state index in [2.05, 4.69) is 4.99 Å². The lowest BCUT2D eigenvalue weighted by Gasteiger charge is -2.38. The van der Waals surface area contributed by atoms with Gasteiger partial charge >= 0.3 is 12.2 Å². The maximum atomic E-state index is 14.0. The summed E-state index contributed by atoms with van der Waals surface area (Å²) in [6.07, 6.45) is -3.87. The number of amidine groups is 1. The van der Waals surface area contributed by atoms with Gasteiger partial charge in [0.15, 0.2) is 15.0 Å². The zero-order valence-corrected chi connectivity index (χ0v) is 15.8. The van der Waals surface area contributed by atoms with Crippen LogP contribution in [0.2, 0.25) is 0 Å². The Morgan fingerprint density at radius 1 is 1.14 bits per heavy atom. The van der Waals surface area contributed by atoms with E-state index in [1.807, 2.05) is 5.32 Å². The fraction of sp³-hybridized carbons (Fsp3) is 0.176. The molecule has 2 aliphatic rings. The number of carbonyl (C=O) groups excluding carboxylic acids is 1.